The van der Waals surface area contributed by atoms with Gasteiger partial charge in [-0.2, -0.15) is 9.97 Å². The van der Waals surface area contributed by atoms with Crippen molar-refractivity contribution in [2.24, 2.45) is 11.3 Å². The molecule has 3 heterocycles. The first-order chi connectivity index (χ1) is 10.8. The van der Waals surface area contributed by atoms with Crippen LogP contribution in [0.3, 0.4) is 0 Å². The van der Waals surface area contributed by atoms with Crippen LogP contribution in [-0.4, -0.2) is 35.6 Å². The highest BCUT2D eigenvalue weighted by atomic mass is 15.3. The van der Waals surface area contributed by atoms with Gasteiger partial charge in [-0.15, -0.1) is 0 Å². The molecule has 23 heavy (non-hydrogen) atoms. The van der Waals surface area contributed by atoms with Gasteiger partial charge >= 0.3 is 0 Å². The molecular formula is C17H30N6. The standard InChI is InChI=1S/C17H30N6/c1-17(2,3)7-6-12-14(18)21-16(19)22-15(12)23-9-11-5-4-8-20-13(11)10-23/h11,13,20H,4-10H2,1-3H3,(H4,18,19,21,22). The molecule has 6 nitrogen and oxygen atoms in total. The molecule has 0 spiro atoms. The summed E-state index contributed by atoms with van der Waals surface area (Å²) in [7, 11) is 0. The van der Waals surface area contributed by atoms with Gasteiger partial charge in [-0.3, -0.25) is 0 Å². The first-order valence-corrected chi connectivity index (χ1v) is 8.74. The summed E-state index contributed by atoms with van der Waals surface area (Å²) in [4.78, 5) is 11.1. The molecule has 2 atom stereocenters. The second-order valence-electron chi connectivity index (χ2n) is 8.20. The van der Waals surface area contributed by atoms with E-state index in [2.05, 4.69) is 41.0 Å². The fourth-order valence-corrected chi connectivity index (χ4v) is 3.73. The molecule has 0 aliphatic carbocycles. The zero-order valence-electron chi connectivity index (χ0n) is 14.6. The van der Waals surface area contributed by atoms with Gasteiger partial charge < -0.3 is 21.7 Å². The van der Waals surface area contributed by atoms with Crippen LogP contribution in [0.5, 0.6) is 0 Å². The largest absolute Gasteiger partial charge is 0.383 e. The van der Waals surface area contributed by atoms with Crippen LogP contribution in [0.15, 0.2) is 0 Å². The third-order valence-corrected chi connectivity index (χ3v) is 5.06. The zero-order chi connectivity index (χ0) is 16.6. The lowest BCUT2D eigenvalue weighted by Crippen LogP contribution is -2.40. The SMILES string of the molecule is CC(C)(C)CCc1c(N)nc(N)nc1N1CC2CCCNC2C1. The van der Waals surface area contributed by atoms with E-state index in [4.69, 9.17) is 11.5 Å². The highest BCUT2D eigenvalue weighted by Crippen LogP contribution is 2.34. The summed E-state index contributed by atoms with van der Waals surface area (Å²) in [5, 5.41) is 3.64. The Balaban J connectivity index is 1.85. The third kappa shape index (κ3) is 3.68. The van der Waals surface area contributed by atoms with E-state index in [0.717, 1.165) is 43.9 Å². The van der Waals surface area contributed by atoms with Crippen LogP contribution in [0, 0.1) is 11.3 Å². The number of fused-ring (bicyclic) bond motifs is 1. The van der Waals surface area contributed by atoms with Gasteiger partial charge in [0.15, 0.2) is 0 Å². The summed E-state index contributed by atoms with van der Waals surface area (Å²) < 4.78 is 0. The number of anilines is 3. The van der Waals surface area contributed by atoms with Crippen molar-refractivity contribution in [2.75, 3.05) is 36.0 Å². The van der Waals surface area contributed by atoms with E-state index in [0.29, 0.717) is 17.8 Å². The number of nitrogen functional groups attached to an aromatic ring is 2. The molecule has 0 aromatic carbocycles. The fourth-order valence-electron chi connectivity index (χ4n) is 3.73. The average molecular weight is 318 g/mol. The maximum Gasteiger partial charge on any atom is 0.223 e. The first-order valence-electron chi connectivity index (χ1n) is 8.74. The predicted molar refractivity (Wildman–Crippen MR) is 95.4 cm³/mol. The number of aromatic nitrogens is 2. The minimum absolute atomic E-state index is 0.256. The Bertz CT molecular complexity index is 551. The number of hydrogen-bond acceptors (Lipinski definition) is 6. The van der Waals surface area contributed by atoms with E-state index < -0.39 is 0 Å². The van der Waals surface area contributed by atoms with Gasteiger partial charge in [0.1, 0.15) is 11.6 Å². The molecule has 5 N–H and O–H groups in total. The lowest BCUT2D eigenvalue weighted by Gasteiger charge is -2.24. The monoisotopic (exact) mass is 318 g/mol. The van der Waals surface area contributed by atoms with Gasteiger partial charge in [0, 0.05) is 24.7 Å². The maximum absolute atomic E-state index is 6.19. The molecule has 1 aromatic heterocycles. The van der Waals surface area contributed by atoms with Crippen LogP contribution in [0.1, 0.15) is 45.6 Å². The highest BCUT2D eigenvalue weighted by molar-refractivity contribution is 5.60. The average Bonchev–Trinajstić information content (AvgIpc) is 2.88. The normalized spacial score (nSPS) is 24.7. The van der Waals surface area contributed by atoms with Gasteiger partial charge in [-0.1, -0.05) is 20.8 Å². The Kier molecular flexibility index (Phi) is 4.36. The number of nitrogens with two attached hydrogens (primary N) is 2. The van der Waals surface area contributed by atoms with Crippen molar-refractivity contribution in [3.8, 4) is 0 Å². The zero-order valence-corrected chi connectivity index (χ0v) is 14.6. The number of nitrogens with one attached hydrogen (secondary N) is 1. The molecule has 128 valence electrons. The van der Waals surface area contributed by atoms with Crippen LogP contribution in [0.4, 0.5) is 17.6 Å². The minimum Gasteiger partial charge on any atom is -0.383 e. The van der Waals surface area contributed by atoms with Gasteiger partial charge in [0.25, 0.3) is 0 Å². The highest BCUT2D eigenvalue weighted by Gasteiger charge is 2.36. The summed E-state index contributed by atoms with van der Waals surface area (Å²) in [5.74, 6) is 2.48. The van der Waals surface area contributed by atoms with E-state index >= 15 is 0 Å². The summed E-state index contributed by atoms with van der Waals surface area (Å²) in [5.41, 5.74) is 13.4. The molecule has 1 aromatic rings. The van der Waals surface area contributed by atoms with E-state index in [1.807, 2.05) is 0 Å². The van der Waals surface area contributed by atoms with Gasteiger partial charge in [-0.25, -0.2) is 0 Å². The van der Waals surface area contributed by atoms with Crippen LogP contribution in [0.2, 0.25) is 0 Å². The molecule has 2 aliphatic heterocycles. The summed E-state index contributed by atoms with van der Waals surface area (Å²) in [6.07, 6.45) is 4.50. The topological polar surface area (TPSA) is 93.1 Å². The molecule has 2 unspecified atom stereocenters. The van der Waals surface area contributed by atoms with Gasteiger partial charge in [0.05, 0.1) is 0 Å². The number of piperidine rings is 1. The molecule has 3 rings (SSSR count). The molecule has 0 radical (unpaired) electrons. The summed E-state index contributed by atoms with van der Waals surface area (Å²) >= 11 is 0. The second-order valence-corrected chi connectivity index (χ2v) is 8.20. The summed E-state index contributed by atoms with van der Waals surface area (Å²) in [6.45, 7) is 9.89. The Morgan fingerprint density at radius 3 is 2.70 bits per heavy atom. The number of hydrogen-bond donors (Lipinski definition) is 3. The van der Waals surface area contributed by atoms with Crippen LogP contribution in [0.25, 0.3) is 0 Å². The molecular weight excluding hydrogens is 288 g/mol. The Hall–Kier alpha value is -1.56. The van der Waals surface area contributed by atoms with E-state index in [1.165, 1.54) is 12.8 Å². The molecule has 2 saturated heterocycles. The third-order valence-electron chi connectivity index (χ3n) is 5.06. The van der Waals surface area contributed by atoms with Crippen molar-refractivity contribution in [3.63, 3.8) is 0 Å². The molecule has 0 saturated carbocycles. The lowest BCUT2D eigenvalue weighted by atomic mass is 9.89. The number of rotatable bonds is 3. The molecule has 6 heteroatoms. The molecule has 0 bridgehead atoms. The van der Waals surface area contributed by atoms with E-state index in [-0.39, 0.29) is 11.4 Å². The Morgan fingerprint density at radius 2 is 2.00 bits per heavy atom. The Labute approximate surface area is 139 Å². The molecule has 2 aliphatic rings. The van der Waals surface area contributed by atoms with Crippen molar-refractivity contribution in [1.29, 1.82) is 0 Å². The van der Waals surface area contributed by atoms with Crippen molar-refractivity contribution >= 4 is 17.6 Å². The quantitative estimate of drug-likeness (QED) is 0.787. The predicted octanol–water partition coefficient (Wildman–Crippen LogP) is 1.81. The lowest BCUT2D eigenvalue weighted by molar-refractivity contribution is 0.340. The Morgan fingerprint density at radius 1 is 1.22 bits per heavy atom. The van der Waals surface area contributed by atoms with Crippen molar-refractivity contribution < 1.29 is 0 Å². The fraction of sp³-hybridized carbons (Fsp3) is 0.765. The van der Waals surface area contributed by atoms with E-state index in [1.54, 1.807) is 0 Å². The van der Waals surface area contributed by atoms with Gasteiger partial charge in [0.2, 0.25) is 5.95 Å². The number of nitrogens with zero attached hydrogens (tertiary/aromatic N) is 3. The van der Waals surface area contributed by atoms with Gasteiger partial charge in [-0.05, 0) is 43.6 Å². The smallest absolute Gasteiger partial charge is 0.223 e. The van der Waals surface area contributed by atoms with Crippen LogP contribution >= 0.6 is 0 Å². The van der Waals surface area contributed by atoms with Crippen molar-refractivity contribution in [2.45, 2.75) is 52.5 Å². The maximum atomic E-state index is 6.19. The minimum atomic E-state index is 0.256. The molecule has 0 amide bonds. The second kappa shape index (κ2) is 6.15. The van der Waals surface area contributed by atoms with Crippen molar-refractivity contribution in [3.05, 3.63) is 5.56 Å². The van der Waals surface area contributed by atoms with E-state index in [9.17, 15) is 0 Å². The van der Waals surface area contributed by atoms with Crippen molar-refractivity contribution in [1.82, 2.24) is 15.3 Å². The summed E-state index contributed by atoms with van der Waals surface area (Å²) in [6, 6.07) is 0.566. The van der Waals surface area contributed by atoms with Crippen LogP contribution in [-0.2, 0) is 6.42 Å². The first kappa shape index (κ1) is 16.3. The molecule has 2 fully saturated rings. The van der Waals surface area contributed by atoms with Crippen LogP contribution < -0.4 is 21.7 Å².